The molecule has 1 aromatic carbocycles. The number of aryl methyl sites for hydroxylation is 1. The quantitative estimate of drug-likeness (QED) is 0.415. The van der Waals surface area contributed by atoms with Gasteiger partial charge in [-0.3, -0.25) is 4.79 Å². The Bertz CT molecular complexity index is 350. The molecule has 0 spiro atoms. The predicted molar refractivity (Wildman–Crippen MR) is 65.5 cm³/mol. The van der Waals surface area contributed by atoms with Crippen LogP contribution in [0.1, 0.15) is 36.2 Å². The summed E-state index contributed by atoms with van der Waals surface area (Å²) in [7, 11) is 0. The van der Waals surface area contributed by atoms with Crippen LogP contribution in [-0.2, 0) is 11.2 Å². The highest BCUT2D eigenvalue weighted by Crippen LogP contribution is 2.07. The topological polar surface area (TPSA) is 26.3 Å². The molecule has 86 valence electrons. The summed E-state index contributed by atoms with van der Waals surface area (Å²) in [6, 6.07) is 7.74. The van der Waals surface area contributed by atoms with Crippen LogP contribution in [0.5, 0.6) is 0 Å². The van der Waals surface area contributed by atoms with Gasteiger partial charge in [0, 0.05) is 11.6 Å². The number of carbonyl (C=O) groups is 1. The highest BCUT2D eigenvalue weighted by molar-refractivity contribution is 6.04. The van der Waals surface area contributed by atoms with Crippen molar-refractivity contribution in [3.05, 3.63) is 47.7 Å². The molecule has 1 rings (SSSR count). The summed E-state index contributed by atoms with van der Waals surface area (Å²) in [6.45, 7) is 4.61. The van der Waals surface area contributed by atoms with E-state index in [-0.39, 0.29) is 5.78 Å². The molecular formula is C14H18O2. The van der Waals surface area contributed by atoms with E-state index < -0.39 is 0 Å². The van der Waals surface area contributed by atoms with Crippen molar-refractivity contribution in [2.75, 3.05) is 6.61 Å². The van der Waals surface area contributed by atoms with Gasteiger partial charge in [0.25, 0.3) is 0 Å². The van der Waals surface area contributed by atoms with Gasteiger partial charge in [-0.15, -0.1) is 0 Å². The Morgan fingerprint density at radius 3 is 2.50 bits per heavy atom. The van der Waals surface area contributed by atoms with Gasteiger partial charge in [0.2, 0.25) is 0 Å². The average molecular weight is 218 g/mol. The van der Waals surface area contributed by atoms with Gasteiger partial charge in [-0.2, -0.15) is 0 Å². The van der Waals surface area contributed by atoms with Crippen LogP contribution in [0.2, 0.25) is 0 Å². The fourth-order valence-corrected chi connectivity index (χ4v) is 1.43. The van der Waals surface area contributed by atoms with Gasteiger partial charge < -0.3 is 4.74 Å². The van der Waals surface area contributed by atoms with E-state index in [2.05, 4.69) is 6.92 Å². The van der Waals surface area contributed by atoms with Crippen LogP contribution in [0, 0.1) is 0 Å². The summed E-state index contributed by atoms with van der Waals surface area (Å²) >= 11 is 0. The monoisotopic (exact) mass is 218 g/mol. The zero-order valence-corrected chi connectivity index (χ0v) is 9.90. The first-order valence-electron chi connectivity index (χ1n) is 5.69. The molecule has 0 atom stereocenters. The van der Waals surface area contributed by atoms with E-state index in [0.29, 0.717) is 12.2 Å². The maximum Gasteiger partial charge on any atom is 0.188 e. The van der Waals surface area contributed by atoms with E-state index >= 15 is 0 Å². The van der Waals surface area contributed by atoms with Crippen molar-refractivity contribution in [2.45, 2.75) is 26.7 Å². The van der Waals surface area contributed by atoms with Crippen molar-refractivity contribution in [1.82, 2.24) is 0 Å². The van der Waals surface area contributed by atoms with Crippen LogP contribution in [-0.4, -0.2) is 12.4 Å². The Hall–Kier alpha value is -1.57. The molecule has 0 unspecified atom stereocenters. The third kappa shape index (κ3) is 3.89. The SMILES string of the molecule is CCCc1ccc(C(=O)C=COCC)cc1. The van der Waals surface area contributed by atoms with Crippen molar-refractivity contribution in [3.8, 4) is 0 Å². The van der Waals surface area contributed by atoms with Gasteiger partial charge in [0.05, 0.1) is 12.9 Å². The minimum atomic E-state index is -0.0171. The standard InChI is InChI=1S/C14H18O2/c1-3-5-12-6-8-13(9-7-12)14(15)10-11-16-4-2/h6-11H,3-5H2,1-2H3. The third-order valence-corrected chi connectivity index (χ3v) is 2.26. The average Bonchev–Trinajstić information content (AvgIpc) is 2.30. The number of allylic oxidation sites excluding steroid dienone is 1. The second-order valence-corrected chi connectivity index (χ2v) is 3.57. The Morgan fingerprint density at radius 1 is 1.25 bits per heavy atom. The molecule has 0 saturated heterocycles. The maximum atomic E-state index is 11.6. The van der Waals surface area contributed by atoms with Gasteiger partial charge in [-0.05, 0) is 18.9 Å². The Morgan fingerprint density at radius 2 is 1.94 bits per heavy atom. The molecule has 0 aromatic heterocycles. The number of ketones is 1. The minimum absolute atomic E-state index is 0.0171. The molecule has 2 nitrogen and oxygen atoms in total. The summed E-state index contributed by atoms with van der Waals surface area (Å²) in [5.41, 5.74) is 1.98. The van der Waals surface area contributed by atoms with Crippen molar-refractivity contribution in [3.63, 3.8) is 0 Å². The molecule has 0 bridgehead atoms. The molecule has 1 aromatic rings. The predicted octanol–water partition coefficient (Wildman–Crippen LogP) is 3.37. The first kappa shape index (κ1) is 12.5. The van der Waals surface area contributed by atoms with E-state index in [9.17, 15) is 4.79 Å². The van der Waals surface area contributed by atoms with Crippen LogP contribution in [0.4, 0.5) is 0 Å². The Labute approximate surface area is 96.9 Å². The smallest absolute Gasteiger partial charge is 0.188 e. The summed E-state index contributed by atoms with van der Waals surface area (Å²) in [5.74, 6) is -0.0171. The fourth-order valence-electron chi connectivity index (χ4n) is 1.43. The molecule has 0 fully saturated rings. The summed E-state index contributed by atoms with van der Waals surface area (Å²) in [5, 5.41) is 0. The number of ether oxygens (including phenoxy) is 1. The van der Waals surface area contributed by atoms with Crippen LogP contribution in [0.15, 0.2) is 36.6 Å². The van der Waals surface area contributed by atoms with Crippen molar-refractivity contribution >= 4 is 5.78 Å². The van der Waals surface area contributed by atoms with Gasteiger partial charge in [-0.1, -0.05) is 37.6 Å². The zero-order valence-electron chi connectivity index (χ0n) is 9.90. The highest BCUT2D eigenvalue weighted by Gasteiger charge is 2.01. The summed E-state index contributed by atoms with van der Waals surface area (Å²) in [4.78, 5) is 11.6. The molecule has 0 aliphatic carbocycles. The largest absolute Gasteiger partial charge is 0.501 e. The van der Waals surface area contributed by atoms with Gasteiger partial charge in [0.1, 0.15) is 0 Å². The lowest BCUT2D eigenvalue weighted by Crippen LogP contribution is -1.95. The van der Waals surface area contributed by atoms with Crippen LogP contribution in [0.25, 0.3) is 0 Å². The minimum Gasteiger partial charge on any atom is -0.501 e. The van der Waals surface area contributed by atoms with Crippen LogP contribution in [0.3, 0.4) is 0 Å². The van der Waals surface area contributed by atoms with Crippen LogP contribution >= 0.6 is 0 Å². The summed E-state index contributed by atoms with van der Waals surface area (Å²) in [6.07, 6.45) is 5.08. The first-order chi connectivity index (χ1) is 7.77. The van der Waals surface area contributed by atoms with Gasteiger partial charge in [-0.25, -0.2) is 0 Å². The zero-order chi connectivity index (χ0) is 11.8. The highest BCUT2D eigenvalue weighted by atomic mass is 16.5. The van der Waals surface area contributed by atoms with Gasteiger partial charge in [0.15, 0.2) is 5.78 Å². The summed E-state index contributed by atoms with van der Waals surface area (Å²) < 4.78 is 4.99. The number of rotatable bonds is 6. The molecular weight excluding hydrogens is 200 g/mol. The lowest BCUT2D eigenvalue weighted by Gasteiger charge is -2.00. The van der Waals surface area contributed by atoms with E-state index in [0.717, 1.165) is 12.8 Å². The molecule has 16 heavy (non-hydrogen) atoms. The number of carbonyl (C=O) groups excluding carboxylic acids is 1. The lowest BCUT2D eigenvalue weighted by atomic mass is 10.1. The van der Waals surface area contributed by atoms with E-state index in [1.54, 1.807) is 0 Å². The number of hydrogen-bond acceptors (Lipinski definition) is 2. The molecule has 0 heterocycles. The Kier molecular flexibility index (Phi) is 5.34. The third-order valence-electron chi connectivity index (χ3n) is 2.26. The number of hydrogen-bond donors (Lipinski definition) is 0. The maximum absolute atomic E-state index is 11.6. The molecule has 0 radical (unpaired) electrons. The molecule has 0 aliphatic rings. The van der Waals surface area contributed by atoms with E-state index in [4.69, 9.17) is 4.74 Å². The van der Waals surface area contributed by atoms with Crippen LogP contribution < -0.4 is 0 Å². The second-order valence-electron chi connectivity index (χ2n) is 3.57. The van der Waals surface area contributed by atoms with E-state index in [1.165, 1.54) is 17.9 Å². The lowest BCUT2D eigenvalue weighted by molar-refractivity contribution is 0.104. The van der Waals surface area contributed by atoms with Crippen molar-refractivity contribution in [1.29, 1.82) is 0 Å². The Balaban J connectivity index is 2.63. The normalized spacial score (nSPS) is 10.6. The van der Waals surface area contributed by atoms with Gasteiger partial charge >= 0.3 is 0 Å². The number of benzene rings is 1. The van der Waals surface area contributed by atoms with Crippen molar-refractivity contribution in [2.24, 2.45) is 0 Å². The molecule has 0 saturated carbocycles. The molecule has 0 N–H and O–H groups in total. The molecule has 0 aliphatic heterocycles. The second kappa shape index (κ2) is 6.83. The molecule has 0 amide bonds. The van der Waals surface area contributed by atoms with Crippen molar-refractivity contribution < 1.29 is 9.53 Å². The first-order valence-corrected chi connectivity index (χ1v) is 5.69. The van der Waals surface area contributed by atoms with E-state index in [1.807, 2.05) is 31.2 Å². The fraction of sp³-hybridized carbons (Fsp3) is 0.357. The molecule has 2 heteroatoms.